The Bertz CT molecular complexity index is 4850. The van der Waals surface area contributed by atoms with E-state index in [4.69, 9.17) is 20.3 Å². The lowest BCUT2D eigenvalue weighted by atomic mass is 9.85. The summed E-state index contributed by atoms with van der Waals surface area (Å²) in [7, 11) is 0. The Kier molecular flexibility index (Phi) is 32.9. The van der Waals surface area contributed by atoms with E-state index in [0.29, 0.717) is 70.9 Å². The van der Waals surface area contributed by atoms with E-state index in [1.165, 1.54) is 161 Å². The molecular formula is C96H128ClN11O16. The van der Waals surface area contributed by atoms with Crippen LogP contribution in [0.1, 0.15) is 263 Å². The third kappa shape index (κ3) is 22.0. The predicted molar refractivity (Wildman–Crippen MR) is 476 cm³/mol. The number of aromatic carboxylic acids is 1. The molecular weight excluding hydrogens is 1600 g/mol. The monoisotopic (exact) mass is 1730 g/mol. The number of carboxylic acids is 2. The highest BCUT2D eigenvalue weighted by molar-refractivity contribution is 6.11. The van der Waals surface area contributed by atoms with Gasteiger partial charge in [0.05, 0.1) is 41.9 Å². The molecule has 9 heterocycles. The van der Waals surface area contributed by atoms with Gasteiger partial charge in [-0.25, -0.2) is 24.4 Å². The van der Waals surface area contributed by atoms with E-state index in [0.717, 1.165) is 79.3 Å². The number of benzene rings is 5. The molecule has 27 nitrogen and oxygen atoms in total. The van der Waals surface area contributed by atoms with Crippen LogP contribution in [0.5, 0.6) is 0 Å². The van der Waals surface area contributed by atoms with Crippen LogP contribution in [0.25, 0.3) is 22.1 Å². The van der Waals surface area contributed by atoms with E-state index >= 15 is 0 Å². The minimum absolute atomic E-state index is 0. The molecule has 13 atom stereocenters. The van der Waals surface area contributed by atoms with Crippen molar-refractivity contribution in [3.05, 3.63) is 182 Å². The Morgan fingerprint density at radius 1 is 0.419 bits per heavy atom. The number of aliphatic hydroxyl groups is 3. The molecule has 7 aromatic rings. The number of aliphatic carboxylic acids is 1. The number of aliphatic hydroxyl groups excluding tert-OH is 3. The van der Waals surface area contributed by atoms with Crippen LogP contribution in [-0.2, 0) is 53.1 Å². The first-order chi connectivity index (χ1) is 59.9. The van der Waals surface area contributed by atoms with Gasteiger partial charge in [0.2, 0.25) is 17.5 Å². The molecule has 3 aliphatic carbocycles. The zero-order valence-electron chi connectivity index (χ0n) is 71.3. The number of hydrogen-bond donors (Lipinski definition) is 8. The zero-order valence-corrected chi connectivity index (χ0v) is 72.1. The van der Waals surface area contributed by atoms with Crippen molar-refractivity contribution in [2.75, 3.05) is 24.7 Å². The van der Waals surface area contributed by atoms with E-state index in [9.17, 15) is 63.6 Å². The normalized spacial score (nSPS) is 25.3. The number of fused-ring (bicyclic) bond motifs is 9. The molecule has 5 aromatic carbocycles. The number of rotatable bonds is 21. The second-order valence-electron chi connectivity index (χ2n) is 35.8. The summed E-state index contributed by atoms with van der Waals surface area (Å²) in [5.41, 5.74) is 9.81. The maximum absolute atomic E-state index is 14.0. The molecule has 6 bridgehead atoms. The molecule has 0 spiro atoms. The maximum Gasteiger partial charge on any atom is 0.360 e. The molecule has 0 radical (unpaired) electrons. The number of para-hydroxylation sites is 5. The van der Waals surface area contributed by atoms with Crippen molar-refractivity contribution >= 4 is 81.8 Å². The number of carbonyl (C=O) groups is 7. The van der Waals surface area contributed by atoms with Gasteiger partial charge in [-0.15, -0.1) is 12.4 Å². The first-order valence-electron chi connectivity index (χ1n) is 45.7. The van der Waals surface area contributed by atoms with Gasteiger partial charge >= 0.3 is 23.9 Å². The number of aromatic nitrogens is 4. The number of carboxylic acid groups (broad SMARTS) is 2. The van der Waals surface area contributed by atoms with Gasteiger partial charge in [0.15, 0.2) is 11.7 Å². The number of piperidine rings is 3. The largest absolute Gasteiger partial charge is 0.480 e. The minimum atomic E-state index is -1.42. The average molecular weight is 1730 g/mol. The SMILES string of the molecule is Cl.N[C@@H](CO)C(=O)OCc1ccccc1.O=C(N[C@@H](CO)C(=O)O)C1Cc2ccccc2N(C2C[C@H]3CC[C@@H](C2)N3C2CCCCCCC2)C1=O.O=C(N[C@@H](CO)C(=O)OCc1ccccc1)c1nc2ccccc2n(C2C[C@H]3CC[C@@H](C2)N3C2CCCCCCC2)c1=O.O=C(O)c1nc2ccccc2n(C2C[C@H]3CC[C@@H](C2)N3C2CCCCCCC2)c1=O.[HH]. The van der Waals surface area contributed by atoms with Crippen molar-refractivity contribution in [2.24, 2.45) is 11.7 Å². The fourth-order valence-corrected chi connectivity index (χ4v) is 22.2. The summed E-state index contributed by atoms with van der Waals surface area (Å²) in [6.07, 6.45) is 40.4. The van der Waals surface area contributed by atoms with Crippen molar-refractivity contribution in [3.8, 4) is 0 Å². The lowest BCUT2D eigenvalue weighted by Crippen LogP contribution is -2.59. The van der Waals surface area contributed by atoms with E-state index in [1.807, 2.05) is 126 Å². The van der Waals surface area contributed by atoms with Crippen LogP contribution in [0.2, 0.25) is 0 Å². The van der Waals surface area contributed by atoms with Gasteiger partial charge in [0.25, 0.3) is 17.0 Å². The van der Waals surface area contributed by atoms with Gasteiger partial charge in [-0.1, -0.05) is 199 Å². The van der Waals surface area contributed by atoms with Crippen molar-refractivity contribution in [1.82, 2.24) is 44.4 Å². The van der Waals surface area contributed by atoms with Crippen LogP contribution in [0.3, 0.4) is 0 Å². The Labute approximate surface area is 733 Å². The predicted octanol–water partition coefficient (Wildman–Crippen LogP) is 12.5. The Balaban J connectivity index is 0.000000159. The van der Waals surface area contributed by atoms with Crippen LogP contribution in [0, 0.1) is 5.92 Å². The zero-order chi connectivity index (χ0) is 86.0. The van der Waals surface area contributed by atoms with Crippen molar-refractivity contribution in [1.29, 1.82) is 0 Å². The van der Waals surface area contributed by atoms with Crippen molar-refractivity contribution < 1.29 is 70.0 Å². The molecule has 17 rings (SSSR count). The maximum atomic E-state index is 14.0. The fourth-order valence-electron chi connectivity index (χ4n) is 22.2. The second-order valence-corrected chi connectivity index (χ2v) is 35.8. The topological polar surface area (TPSA) is 372 Å². The molecule has 4 unspecified atom stereocenters. The lowest BCUT2D eigenvalue weighted by molar-refractivity contribution is -0.148. The number of amides is 3. The number of nitrogens with two attached hydrogens (primary N) is 1. The van der Waals surface area contributed by atoms with E-state index in [-0.39, 0.29) is 68.9 Å². The number of nitrogens with zero attached hydrogens (tertiary/aromatic N) is 8. The number of ether oxygens (including phenoxy) is 2. The summed E-state index contributed by atoms with van der Waals surface area (Å²) >= 11 is 0. The standard InChI is InChI=1S/C34H42N4O5.C28H39N3O5.C24H31N3O3.C10H13NO3.ClH.H2/c39-21-29(34(42)43-22-23-11-5-4-6-12-23)36-32(40)31-33(41)38(30-16-10-9-15-28(30)35-31)27-19-25-17-18-26(20-27)37(25)24-13-7-2-1-3-8-14-24;32-17-24(28(35)36)29-26(33)23-14-18-8-6-7-11-25(18)31(27(23)34)22-15-20-12-13-21(16-22)30(20)19-9-4-2-1-3-5-10-19;28-23-22(24(29)30)25-20-10-6-7-11-21(20)27(23)19-14-17-12-13-18(15-19)26(17)16-8-4-2-1-3-5-9-16;11-9(6-12)10(13)14-7-8-4-2-1-3-5-8;;/h4-6,9-12,15-16,24-27,29,39H,1-3,7-8,13-14,17-22H2,(H,36,40);6-8,11,19-24,32H,1-5,9-10,12-17H2,(H,29,33)(H,35,36);6-7,10-11,16-19H,1-5,8-9,12-15H2,(H,29,30);1-5,9,12H,6-7,11H2;2*1H/t25-,26+,27?,29-;20-,21+,22?,23?,24-;17-,18+,19?;9-;;/m00.0../s1. The van der Waals surface area contributed by atoms with Gasteiger partial charge in [0.1, 0.15) is 31.2 Å². The van der Waals surface area contributed by atoms with Gasteiger partial charge in [-0.05, 0) is 169 Å². The van der Waals surface area contributed by atoms with Gasteiger partial charge in [-0.3, -0.25) is 43.5 Å². The number of halogens is 1. The van der Waals surface area contributed by atoms with Crippen LogP contribution in [0.4, 0.5) is 5.69 Å². The molecule has 9 N–H and O–H groups in total. The smallest absolute Gasteiger partial charge is 0.360 e. The Hall–Kier alpha value is -9.32. The molecule has 28 heteroatoms. The molecule has 9 fully saturated rings. The number of hydrogen-bond acceptors (Lipinski definition) is 20. The van der Waals surface area contributed by atoms with Crippen molar-refractivity contribution in [3.63, 3.8) is 0 Å². The summed E-state index contributed by atoms with van der Waals surface area (Å²) in [5, 5.41) is 51.5. The van der Waals surface area contributed by atoms with Gasteiger partial charge in [0, 0.05) is 79.6 Å². The van der Waals surface area contributed by atoms with Gasteiger partial charge < -0.3 is 65.4 Å². The third-order valence-corrected chi connectivity index (χ3v) is 27.9. The Morgan fingerprint density at radius 2 is 0.790 bits per heavy atom. The molecule has 7 aliphatic heterocycles. The summed E-state index contributed by atoms with van der Waals surface area (Å²) in [6, 6.07) is 42.2. The van der Waals surface area contributed by atoms with E-state index in [1.54, 1.807) is 21.3 Å². The Morgan fingerprint density at radius 3 is 1.20 bits per heavy atom. The molecule has 6 saturated heterocycles. The number of carbonyl (C=O) groups excluding carboxylic acids is 5. The first kappa shape index (κ1) is 92.4. The highest BCUT2D eigenvalue weighted by Gasteiger charge is 2.51. The minimum Gasteiger partial charge on any atom is -0.480 e. The van der Waals surface area contributed by atoms with E-state index in [2.05, 4.69) is 35.3 Å². The lowest BCUT2D eigenvalue weighted by Gasteiger charge is -2.48. The number of nitrogens with one attached hydrogen (secondary N) is 2. The van der Waals surface area contributed by atoms with E-state index < -0.39 is 90.7 Å². The molecule has 10 aliphatic rings. The molecule has 670 valence electrons. The number of esters is 2. The third-order valence-electron chi connectivity index (χ3n) is 27.9. The van der Waals surface area contributed by atoms with Gasteiger partial charge in [-0.2, -0.15) is 0 Å². The first-order valence-corrected chi connectivity index (χ1v) is 45.7. The summed E-state index contributed by atoms with van der Waals surface area (Å²) < 4.78 is 13.7. The van der Waals surface area contributed by atoms with Crippen LogP contribution in [-0.4, -0.2) is 199 Å². The summed E-state index contributed by atoms with van der Waals surface area (Å²) in [5.74, 6) is -6.59. The molecule has 3 saturated carbocycles. The average Bonchev–Trinajstić information content (AvgIpc) is 1.72. The van der Waals surface area contributed by atoms with Crippen LogP contribution < -0.4 is 32.4 Å². The number of anilines is 1. The fraction of sp³-hybridized carbons (Fsp3) is 0.573. The molecule has 2 aromatic heterocycles. The summed E-state index contributed by atoms with van der Waals surface area (Å²) in [6.45, 7) is -1.58. The summed E-state index contributed by atoms with van der Waals surface area (Å²) in [4.78, 5) is 133. The highest BCUT2D eigenvalue weighted by Crippen LogP contribution is 2.48. The quantitative estimate of drug-likeness (QED) is 0.0245. The molecule has 3 amide bonds. The van der Waals surface area contributed by atoms with Crippen molar-refractivity contribution in [2.45, 2.75) is 322 Å². The van der Waals surface area contributed by atoms with Crippen LogP contribution in [0.15, 0.2) is 143 Å². The molecule has 124 heavy (non-hydrogen) atoms. The van der Waals surface area contributed by atoms with Crippen LogP contribution >= 0.6 is 12.4 Å². The second kappa shape index (κ2) is 44.2. The highest BCUT2D eigenvalue weighted by atomic mass is 35.5.